The number of hydrogen-bond donors (Lipinski definition) is 1. The second kappa shape index (κ2) is 4.94. The van der Waals surface area contributed by atoms with Crippen LogP contribution in [0.4, 0.5) is 5.82 Å². The quantitative estimate of drug-likeness (QED) is 0.914. The minimum absolute atomic E-state index is 0.115. The molecule has 0 saturated heterocycles. The van der Waals surface area contributed by atoms with Gasteiger partial charge in [-0.3, -0.25) is 0 Å². The van der Waals surface area contributed by atoms with Crippen LogP contribution in [0.5, 0.6) is 0 Å². The third-order valence-corrected chi connectivity index (χ3v) is 2.79. The maximum atomic E-state index is 5.70. The van der Waals surface area contributed by atoms with Gasteiger partial charge in [-0.1, -0.05) is 13.8 Å². The van der Waals surface area contributed by atoms with Gasteiger partial charge < -0.3 is 10.6 Å². The lowest BCUT2D eigenvalue weighted by Gasteiger charge is -2.29. The van der Waals surface area contributed by atoms with Crippen LogP contribution in [0.2, 0.25) is 0 Å². The van der Waals surface area contributed by atoms with Crippen molar-refractivity contribution < 1.29 is 0 Å². The molecule has 0 radical (unpaired) electrons. The molecular weight excluding hydrogens is 254 g/mol. The van der Waals surface area contributed by atoms with Crippen LogP contribution in [0.25, 0.3) is 0 Å². The molecule has 0 aliphatic carbocycles. The van der Waals surface area contributed by atoms with Crippen LogP contribution in [0.1, 0.15) is 13.8 Å². The van der Waals surface area contributed by atoms with E-state index in [9.17, 15) is 0 Å². The summed E-state index contributed by atoms with van der Waals surface area (Å²) in [7, 11) is 2.04. The lowest BCUT2D eigenvalue weighted by molar-refractivity contribution is 0.384. The SMILES string of the molecule is CN(CC(C)(C)CN)c1ccc(Br)cn1. The van der Waals surface area contributed by atoms with E-state index in [1.807, 2.05) is 19.2 Å². The molecule has 0 spiro atoms. The molecule has 0 saturated carbocycles. The Balaban J connectivity index is 2.69. The van der Waals surface area contributed by atoms with Gasteiger partial charge in [0.05, 0.1) is 0 Å². The van der Waals surface area contributed by atoms with E-state index in [2.05, 4.69) is 39.7 Å². The standard InChI is InChI=1S/C11H18BrN3/c1-11(2,7-13)8-15(3)10-5-4-9(12)6-14-10/h4-6H,7-8,13H2,1-3H3. The van der Waals surface area contributed by atoms with Crippen molar-refractivity contribution in [1.82, 2.24) is 4.98 Å². The van der Waals surface area contributed by atoms with Crippen LogP contribution < -0.4 is 10.6 Å². The third kappa shape index (κ3) is 3.80. The fraction of sp³-hybridized carbons (Fsp3) is 0.545. The number of aromatic nitrogens is 1. The van der Waals surface area contributed by atoms with E-state index in [1.165, 1.54) is 0 Å². The second-order valence-corrected chi connectivity index (χ2v) is 5.47. The summed E-state index contributed by atoms with van der Waals surface area (Å²) in [5.41, 5.74) is 5.82. The summed E-state index contributed by atoms with van der Waals surface area (Å²) in [6.45, 7) is 5.89. The van der Waals surface area contributed by atoms with E-state index in [1.54, 1.807) is 6.20 Å². The summed E-state index contributed by atoms with van der Waals surface area (Å²) in [5.74, 6) is 0.972. The van der Waals surface area contributed by atoms with E-state index < -0.39 is 0 Å². The van der Waals surface area contributed by atoms with Crippen LogP contribution >= 0.6 is 15.9 Å². The van der Waals surface area contributed by atoms with Crippen molar-refractivity contribution >= 4 is 21.7 Å². The molecule has 1 aromatic heterocycles. The molecule has 1 aromatic rings. The molecule has 3 nitrogen and oxygen atoms in total. The molecule has 0 fully saturated rings. The van der Waals surface area contributed by atoms with Crippen LogP contribution in [-0.4, -0.2) is 25.1 Å². The molecule has 0 aliphatic rings. The first-order valence-corrected chi connectivity index (χ1v) is 5.77. The average Bonchev–Trinajstić information content (AvgIpc) is 2.18. The van der Waals surface area contributed by atoms with E-state index in [4.69, 9.17) is 5.73 Å². The molecule has 2 N–H and O–H groups in total. The van der Waals surface area contributed by atoms with Gasteiger partial charge in [0.1, 0.15) is 5.82 Å². The van der Waals surface area contributed by atoms with Gasteiger partial charge in [0.15, 0.2) is 0 Å². The Kier molecular flexibility index (Phi) is 4.11. The van der Waals surface area contributed by atoms with Gasteiger partial charge in [-0.05, 0) is 40.0 Å². The van der Waals surface area contributed by atoms with Crippen molar-refractivity contribution in [1.29, 1.82) is 0 Å². The number of nitrogens with two attached hydrogens (primary N) is 1. The summed E-state index contributed by atoms with van der Waals surface area (Å²) in [4.78, 5) is 6.46. The molecule has 0 amide bonds. The minimum atomic E-state index is 0.115. The highest BCUT2D eigenvalue weighted by Gasteiger charge is 2.18. The maximum absolute atomic E-state index is 5.70. The molecule has 1 heterocycles. The Morgan fingerprint density at radius 1 is 1.47 bits per heavy atom. The van der Waals surface area contributed by atoms with E-state index >= 15 is 0 Å². The van der Waals surface area contributed by atoms with Gasteiger partial charge in [0.2, 0.25) is 0 Å². The van der Waals surface area contributed by atoms with Crippen LogP contribution in [0.15, 0.2) is 22.8 Å². The summed E-state index contributed by atoms with van der Waals surface area (Å²) in [5, 5.41) is 0. The van der Waals surface area contributed by atoms with Gasteiger partial charge in [-0.2, -0.15) is 0 Å². The number of pyridine rings is 1. The Morgan fingerprint density at radius 3 is 2.60 bits per heavy atom. The van der Waals surface area contributed by atoms with Crippen molar-refractivity contribution in [2.24, 2.45) is 11.1 Å². The Bertz CT molecular complexity index is 308. The van der Waals surface area contributed by atoms with Crippen LogP contribution in [0, 0.1) is 5.41 Å². The van der Waals surface area contributed by atoms with Crippen molar-refractivity contribution in [3.63, 3.8) is 0 Å². The molecule has 4 heteroatoms. The van der Waals surface area contributed by atoms with E-state index in [0.717, 1.165) is 16.8 Å². The third-order valence-electron chi connectivity index (χ3n) is 2.32. The monoisotopic (exact) mass is 271 g/mol. The molecule has 0 atom stereocenters. The van der Waals surface area contributed by atoms with Gasteiger partial charge in [0, 0.05) is 24.3 Å². The van der Waals surface area contributed by atoms with Crippen molar-refractivity contribution in [2.75, 3.05) is 25.0 Å². The normalized spacial score (nSPS) is 11.5. The highest BCUT2D eigenvalue weighted by molar-refractivity contribution is 9.10. The zero-order valence-electron chi connectivity index (χ0n) is 9.50. The molecule has 0 unspecified atom stereocenters. The molecule has 0 aliphatic heterocycles. The Hall–Kier alpha value is -0.610. The smallest absolute Gasteiger partial charge is 0.128 e. The number of hydrogen-bond acceptors (Lipinski definition) is 3. The average molecular weight is 272 g/mol. The first-order chi connectivity index (χ1) is 6.94. The van der Waals surface area contributed by atoms with Gasteiger partial charge >= 0.3 is 0 Å². The molecule has 0 aromatic carbocycles. The fourth-order valence-electron chi connectivity index (χ4n) is 1.38. The number of nitrogens with zero attached hydrogens (tertiary/aromatic N) is 2. The number of halogens is 1. The largest absolute Gasteiger partial charge is 0.359 e. The highest BCUT2D eigenvalue weighted by atomic mass is 79.9. The maximum Gasteiger partial charge on any atom is 0.128 e. The topological polar surface area (TPSA) is 42.1 Å². The molecule has 15 heavy (non-hydrogen) atoms. The van der Waals surface area contributed by atoms with E-state index in [0.29, 0.717) is 6.54 Å². The first kappa shape index (κ1) is 12.5. The van der Waals surface area contributed by atoms with Crippen molar-refractivity contribution in [2.45, 2.75) is 13.8 Å². The van der Waals surface area contributed by atoms with Gasteiger partial charge in [-0.15, -0.1) is 0 Å². The summed E-state index contributed by atoms with van der Waals surface area (Å²) >= 11 is 3.37. The summed E-state index contributed by atoms with van der Waals surface area (Å²) in [6.07, 6.45) is 1.81. The molecule has 84 valence electrons. The minimum Gasteiger partial charge on any atom is -0.359 e. The second-order valence-electron chi connectivity index (χ2n) is 4.56. The molecule has 1 rings (SSSR count). The zero-order chi connectivity index (χ0) is 11.5. The van der Waals surface area contributed by atoms with Crippen LogP contribution in [-0.2, 0) is 0 Å². The molecular formula is C11H18BrN3. The zero-order valence-corrected chi connectivity index (χ0v) is 11.1. The number of anilines is 1. The summed E-state index contributed by atoms with van der Waals surface area (Å²) in [6, 6.07) is 3.99. The number of rotatable bonds is 4. The predicted molar refractivity (Wildman–Crippen MR) is 68.0 cm³/mol. The Morgan fingerprint density at radius 2 is 2.13 bits per heavy atom. The van der Waals surface area contributed by atoms with Crippen LogP contribution in [0.3, 0.4) is 0 Å². The fourth-order valence-corrected chi connectivity index (χ4v) is 1.62. The van der Waals surface area contributed by atoms with Crippen molar-refractivity contribution in [3.8, 4) is 0 Å². The molecule has 0 bridgehead atoms. The van der Waals surface area contributed by atoms with E-state index in [-0.39, 0.29) is 5.41 Å². The van der Waals surface area contributed by atoms with Crippen molar-refractivity contribution in [3.05, 3.63) is 22.8 Å². The highest BCUT2D eigenvalue weighted by Crippen LogP contribution is 2.19. The van der Waals surface area contributed by atoms with Gasteiger partial charge in [0.25, 0.3) is 0 Å². The lowest BCUT2D eigenvalue weighted by atomic mass is 9.93. The van der Waals surface area contributed by atoms with Gasteiger partial charge in [-0.25, -0.2) is 4.98 Å². The lowest BCUT2D eigenvalue weighted by Crippen LogP contribution is -2.37. The first-order valence-electron chi connectivity index (χ1n) is 4.97. The predicted octanol–water partition coefficient (Wildman–Crippen LogP) is 2.27. The Labute approximate surface area is 99.8 Å². The summed E-state index contributed by atoms with van der Waals surface area (Å²) < 4.78 is 0.998.